The van der Waals surface area contributed by atoms with Gasteiger partial charge in [-0.25, -0.2) is 10.8 Å². The second-order valence-electron chi connectivity index (χ2n) is 2.05. The van der Waals surface area contributed by atoms with Crippen LogP contribution in [0.3, 0.4) is 0 Å². The van der Waals surface area contributed by atoms with Gasteiger partial charge in [-0.1, -0.05) is 0 Å². The van der Waals surface area contributed by atoms with E-state index in [1.54, 1.807) is 0 Å². The molecule has 0 aromatic heterocycles. The Morgan fingerprint density at radius 1 is 1.42 bits per heavy atom. The summed E-state index contributed by atoms with van der Waals surface area (Å²) in [5.74, 6) is 2.50. The van der Waals surface area contributed by atoms with Crippen LogP contribution in [0, 0.1) is 0 Å². The SMILES string of the molecule is NOCC(=O)N1C(=O)C=CC1=O. The maximum absolute atomic E-state index is 10.9. The minimum Gasteiger partial charge on any atom is -0.295 e. The van der Waals surface area contributed by atoms with Gasteiger partial charge in [0.05, 0.1) is 0 Å². The summed E-state index contributed by atoms with van der Waals surface area (Å²) in [6, 6.07) is 0. The number of rotatable bonds is 2. The van der Waals surface area contributed by atoms with Gasteiger partial charge in [-0.15, -0.1) is 0 Å². The van der Waals surface area contributed by atoms with Gasteiger partial charge in [0.1, 0.15) is 6.61 Å². The number of hydrogen-bond acceptors (Lipinski definition) is 5. The Bertz CT molecular complexity index is 253. The normalized spacial score (nSPS) is 15.9. The quantitative estimate of drug-likeness (QED) is 0.395. The van der Waals surface area contributed by atoms with Gasteiger partial charge >= 0.3 is 0 Å². The van der Waals surface area contributed by atoms with Crippen molar-refractivity contribution in [2.24, 2.45) is 5.90 Å². The summed E-state index contributed by atoms with van der Waals surface area (Å²) in [6.07, 6.45) is 2.02. The first kappa shape index (κ1) is 8.57. The van der Waals surface area contributed by atoms with Crippen LogP contribution >= 0.6 is 0 Å². The highest BCUT2D eigenvalue weighted by Crippen LogP contribution is 2.03. The van der Waals surface area contributed by atoms with Gasteiger partial charge in [-0.2, -0.15) is 0 Å². The minimum absolute atomic E-state index is 0.465. The van der Waals surface area contributed by atoms with Crippen molar-refractivity contribution in [2.45, 2.75) is 0 Å². The van der Waals surface area contributed by atoms with Crippen molar-refractivity contribution in [2.75, 3.05) is 6.61 Å². The average molecular weight is 170 g/mol. The molecule has 0 unspecified atom stereocenters. The summed E-state index contributed by atoms with van der Waals surface area (Å²) in [6.45, 7) is -0.487. The van der Waals surface area contributed by atoms with E-state index in [9.17, 15) is 14.4 Å². The zero-order valence-electron chi connectivity index (χ0n) is 6.02. The van der Waals surface area contributed by atoms with E-state index in [4.69, 9.17) is 0 Å². The number of imide groups is 3. The Morgan fingerprint density at radius 2 is 1.92 bits per heavy atom. The lowest BCUT2D eigenvalue weighted by Crippen LogP contribution is -2.39. The molecule has 0 fully saturated rings. The van der Waals surface area contributed by atoms with Crippen molar-refractivity contribution in [1.29, 1.82) is 0 Å². The summed E-state index contributed by atoms with van der Waals surface area (Å²) < 4.78 is 0. The molecule has 0 aromatic carbocycles. The topological polar surface area (TPSA) is 89.7 Å². The molecule has 2 N–H and O–H groups in total. The monoisotopic (exact) mass is 170 g/mol. The van der Waals surface area contributed by atoms with E-state index in [-0.39, 0.29) is 0 Å². The fraction of sp³-hybridized carbons (Fsp3) is 0.167. The van der Waals surface area contributed by atoms with Crippen molar-refractivity contribution < 1.29 is 19.2 Å². The summed E-state index contributed by atoms with van der Waals surface area (Å²) >= 11 is 0. The third kappa shape index (κ3) is 1.39. The molecule has 1 heterocycles. The first-order valence-electron chi connectivity index (χ1n) is 3.07. The van der Waals surface area contributed by atoms with Crippen molar-refractivity contribution in [3.8, 4) is 0 Å². The van der Waals surface area contributed by atoms with Crippen LogP contribution in [0.15, 0.2) is 12.2 Å². The van der Waals surface area contributed by atoms with Gasteiger partial charge in [0.15, 0.2) is 0 Å². The Hall–Kier alpha value is -1.53. The first-order valence-corrected chi connectivity index (χ1v) is 3.07. The molecule has 12 heavy (non-hydrogen) atoms. The predicted molar refractivity (Wildman–Crippen MR) is 36.1 cm³/mol. The highest BCUT2D eigenvalue weighted by Gasteiger charge is 2.29. The van der Waals surface area contributed by atoms with Gasteiger partial charge in [0, 0.05) is 12.2 Å². The van der Waals surface area contributed by atoms with Gasteiger partial charge < -0.3 is 0 Å². The van der Waals surface area contributed by atoms with E-state index in [1.807, 2.05) is 0 Å². The molecule has 6 nitrogen and oxygen atoms in total. The molecule has 3 amide bonds. The van der Waals surface area contributed by atoms with E-state index in [0.717, 1.165) is 12.2 Å². The van der Waals surface area contributed by atoms with E-state index >= 15 is 0 Å². The van der Waals surface area contributed by atoms with Crippen LogP contribution < -0.4 is 5.90 Å². The highest BCUT2D eigenvalue weighted by molar-refractivity contribution is 6.22. The van der Waals surface area contributed by atoms with Crippen LogP contribution in [0.2, 0.25) is 0 Å². The molecule has 1 rings (SSSR count). The third-order valence-electron chi connectivity index (χ3n) is 1.27. The van der Waals surface area contributed by atoms with Crippen LogP contribution in [0.1, 0.15) is 0 Å². The van der Waals surface area contributed by atoms with E-state index in [1.165, 1.54) is 0 Å². The molecule has 6 heteroatoms. The molecule has 0 spiro atoms. The Labute approximate surface area is 67.5 Å². The third-order valence-corrected chi connectivity index (χ3v) is 1.27. The fourth-order valence-electron chi connectivity index (χ4n) is 0.782. The predicted octanol–water partition coefficient (Wildman–Crippen LogP) is -1.67. The molecular formula is C6H6N2O4. The Morgan fingerprint density at radius 3 is 2.33 bits per heavy atom. The molecule has 0 saturated carbocycles. The largest absolute Gasteiger partial charge is 0.295 e. The lowest BCUT2D eigenvalue weighted by Gasteiger charge is -2.09. The molecule has 1 aliphatic heterocycles. The van der Waals surface area contributed by atoms with Gasteiger partial charge in [-0.05, 0) is 0 Å². The van der Waals surface area contributed by atoms with Gasteiger partial charge in [0.25, 0.3) is 17.7 Å². The smallest absolute Gasteiger partial charge is 0.264 e. The minimum atomic E-state index is -0.766. The number of carbonyl (C=O) groups excluding carboxylic acids is 3. The maximum atomic E-state index is 10.9. The number of hydrogen-bond donors (Lipinski definition) is 1. The molecule has 0 saturated heterocycles. The van der Waals surface area contributed by atoms with Crippen LogP contribution in [0.5, 0.6) is 0 Å². The molecule has 1 aliphatic rings. The summed E-state index contributed by atoms with van der Waals surface area (Å²) in [4.78, 5) is 37.0. The zero-order valence-corrected chi connectivity index (χ0v) is 6.02. The molecule has 0 aliphatic carbocycles. The van der Waals surface area contributed by atoms with Crippen molar-refractivity contribution in [3.05, 3.63) is 12.2 Å². The molecule has 0 radical (unpaired) electrons. The summed E-state index contributed by atoms with van der Waals surface area (Å²) in [7, 11) is 0. The summed E-state index contributed by atoms with van der Waals surface area (Å²) in [5, 5.41) is 0. The van der Waals surface area contributed by atoms with Crippen molar-refractivity contribution >= 4 is 17.7 Å². The molecular weight excluding hydrogens is 164 g/mol. The average Bonchev–Trinajstić information content (AvgIpc) is 2.32. The Kier molecular flexibility index (Phi) is 2.32. The number of nitrogens with zero attached hydrogens (tertiary/aromatic N) is 1. The molecule has 0 bridgehead atoms. The summed E-state index contributed by atoms with van der Waals surface area (Å²) in [5.41, 5.74) is 0. The van der Waals surface area contributed by atoms with E-state index < -0.39 is 24.3 Å². The highest BCUT2D eigenvalue weighted by atomic mass is 16.6. The molecule has 0 atom stereocenters. The van der Waals surface area contributed by atoms with Crippen LogP contribution in [0.4, 0.5) is 0 Å². The van der Waals surface area contributed by atoms with Crippen molar-refractivity contribution in [3.63, 3.8) is 0 Å². The molecule has 0 aromatic rings. The second-order valence-corrected chi connectivity index (χ2v) is 2.05. The standard InChI is InChI=1S/C6H6N2O4/c7-12-3-6(11)8-4(9)1-2-5(8)10/h1-2H,3,7H2. The first-order chi connectivity index (χ1) is 5.66. The fourth-order valence-corrected chi connectivity index (χ4v) is 0.782. The molecule has 64 valence electrons. The van der Waals surface area contributed by atoms with Crippen LogP contribution in [-0.4, -0.2) is 29.2 Å². The second kappa shape index (κ2) is 3.24. The van der Waals surface area contributed by atoms with Gasteiger partial charge in [-0.3, -0.25) is 19.2 Å². The Balaban J connectivity index is 2.70. The maximum Gasteiger partial charge on any atom is 0.264 e. The van der Waals surface area contributed by atoms with Gasteiger partial charge in [0.2, 0.25) is 0 Å². The lowest BCUT2D eigenvalue weighted by atomic mass is 10.5. The zero-order chi connectivity index (χ0) is 9.14. The van der Waals surface area contributed by atoms with E-state index in [2.05, 4.69) is 10.7 Å². The lowest BCUT2D eigenvalue weighted by molar-refractivity contribution is -0.150. The number of carbonyl (C=O) groups is 3. The van der Waals surface area contributed by atoms with E-state index in [0.29, 0.717) is 4.90 Å². The van der Waals surface area contributed by atoms with Crippen LogP contribution in [-0.2, 0) is 19.2 Å². The van der Waals surface area contributed by atoms with Crippen LogP contribution in [0.25, 0.3) is 0 Å². The number of amides is 3. The van der Waals surface area contributed by atoms with Crippen molar-refractivity contribution in [1.82, 2.24) is 4.90 Å². The number of nitrogens with two attached hydrogens (primary N) is 1.